The lowest BCUT2D eigenvalue weighted by atomic mass is 9.86. The zero-order valence-electron chi connectivity index (χ0n) is 21.3. The molecule has 0 radical (unpaired) electrons. The zero-order chi connectivity index (χ0) is 27.5. The Kier molecular flexibility index (Phi) is 7.15. The standard InChI is InChI=1S/C24H31BrF2N2O6S/c1-21(2,3)34-19(30)29(20(31)35-22(4,5)6)18-23(7)11-10-17(36(23,32)33)24(13-26,28-18)15-12-14(25)8-9-16(15)27/h8-9,12,17H,10-11,13H2,1-7H3/t17-,23+,24+/m0/s1. The quantitative estimate of drug-likeness (QED) is 0.438. The molecule has 2 heterocycles. The molecule has 0 unspecified atom stereocenters. The summed E-state index contributed by atoms with van der Waals surface area (Å²) in [4.78, 5) is 31.5. The predicted molar refractivity (Wildman–Crippen MR) is 134 cm³/mol. The number of carbonyl (C=O) groups excluding carboxylic acids is 2. The number of halogens is 3. The monoisotopic (exact) mass is 592 g/mol. The SMILES string of the molecule is CC(C)(C)OC(=O)N(C(=O)OC(C)(C)C)C1=N[C@](CF)(c2cc(Br)ccc2F)[C@@H]2CC[C@@]1(C)S2(=O)=O. The summed E-state index contributed by atoms with van der Waals surface area (Å²) < 4.78 is 67.2. The van der Waals surface area contributed by atoms with Crippen LogP contribution in [0.2, 0.25) is 0 Å². The van der Waals surface area contributed by atoms with Crippen LogP contribution in [0.1, 0.15) is 66.9 Å². The van der Waals surface area contributed by atoms with Crippen molar-refractivity contribution in [3.63, 3.8) is 0 Å². The first-order valence-corrected chi connectivity index (χ1v) is 13.7. The summed E-state index contributed by atoms with van der Waals surface area (Å²) >= 11 is 3.22. The van der Waals surface area contributed by atoms with E-state index in [-0.39, 0.29) is 18.4 Å². The van der Waals surface area contributed by atoms with Crippen molar-refractivity contribution < 1.29 is 36.3 Å². The number of amides is 2. The molecule has 8 nitrogen and oxygen atoms in total. The molecule has 1 fully saturated rings. The summed E-state index contributed by atoms with van der Waals surface area (Å²) in [6.45, 7) is 9.31. The smallest absolute Gasteiger partial charge is 0.425 e. The van der Waals surface area contributed by atoms with Crippen molar-refractivity contribution in [1.29, 1.82) is 0 Å². The van der Waals surface area contributed by atoms with Gasteiger partial charge < -0.3 is 9.47 Å². The number of carbonyl (C=O) groups is 2. The highest BCUT2D eigenvalue weighted by molar-refractivity contribution is 9.10. The van der Waals surface area contributed by atoms with Crippen LogP contribution in [-0.2, 0) is 24.8 Å². The minimum Gasteiger partial charge on any atom is -0.443 e. The number of amidine groups is 1. The second-order valence-electron chi connectivity index (χ2n) is 11.2. The molecular weight excluding hydrogens is 562 g/mol. The summed E-state index contributed by atoms with van der Waals surface area (Å²) in [7, 11) is -4.28. The molecule has 36 heavy (non-hydrogen) atoms. The second-order valence-corrected chi connectivity index (χ2v) is 14.7. The molecule has 0 N–H and O–H groups in total. The molecule has 0 spiro atoms. The van der Waals surface area contributed by atoms with Gasteiger partial charge >= 0.3 is 12.2 Å². The van der Waals surface area contributed by atoms with Crippen LogP contribution in [0.15, 0.2) is 27.7 Å². The number of sulfone groups is 1. The Hall–Kier alpha value is -2.08. The molecule has 0 aliphatic carbocycles. The third-order valence-corrected chi connectivity index (χ3v) is 9.67. The summed E-state index contributed by atoms with van der Waals surface area (Å²) in [5, 5.41) is -1.41. The Morgan fingerprint density at radius 2 is 1.67 bits per heavy atom. The average Bonchev–Trinajstić information content (AvgIpc) is 2.85. The number of nitrogens with zero attached hydrogens (tertiary/aromatic N) is 2. The number of hydrogen-bond acceptors (Lipinski definition) is 7. The van der Waals surface area contributed by atoms with E-state index in [9.17, 15) is 18.0 Å². The Balaban J connectivity index is 2.36. The molecule has 1 saturated heterocycles. The van der Waals surface area contributed by atoms with Gasteiger partial charge in [-0.3, -0.25) is 4.99 Å². The van der Waals surface area contributed by atoms with Gasteiger partial charge in [-0.05, 0) is 79.5 Å². The number of imide groups is 1. The Labute approximate surface area is 218 Å². The minimum atomic E-state index is -4.28. The number of ether oxygens (including phenoxy) is 2. The molecule has 3 rings (SSSR count). The molecule has 0 aromatic heterocycles. The fourth-order valence-electron chi connectivity index (χ4n) is 4.53. The van der Waals surface area contributed by atoms with Gasteiger partial charge in [-0.15, -0.1) is 0 Å². The normalized spacial score (nSPS) is 27.3. The van der Waals surface area contributed by atoms with Crippen LogP contribution in [-0.4, -0.2) is 59.2 Å². The maximum atomic E-state index is 15.1. The van der Waals surface area contributed by atoms with Crippen molar-refractivity contribution in [3.05, 3.63) is 34.1 Å². The van der Waals surface area contributed by atoms with Gasteiger partial charge in [-0.2, -0.15) is 4.90 Å². The highest BCUT2D eigenvalue weighted by Gasteiger charge is 2.67. The third kappa shape index (κ3) is 4.78. The van der Waals surface area contributed by atoms with Crippen molar-refractivity contribution in [1.82, 2.24) is 4.90 Å². The fourth-order valence-corrected chi connectivity index (χ4v) is 7.50. The molecule has 12 heteroatoms. The number of alkyl halides is 1. The summed E-state index contributed by atoms with van der Waals surface area (Å²) in [5.41, 5.74) is -4.68. The summed E-state index contributed by atoms with van der Waals surface area (Å²) in [6, 6.07) is 3.72. The second kappa shape index (κ2) is 9.04. The van der Waals surface area contributed by atoms with Crippen LogP contribution in [0.5, 0.6) is 0 Å². The van der Waals surface area contributed by atoms with Gasteiger partial charge in [0.1, 0.15) is 39.8 Å². The van der Waals surface area contributed by atoms with E-state index in [1.54, 1.807) is 41.5 Å². The molecule has 1 aromatic rings. The zero-order valence-corrected chi connectivity index (χ0v) is 23.7. The maximum absolute atomic E-state index is 15.1. The lowest BCUT2D eigenvalue weighted by Crippen LogP contribution is -2.62. The number of aliphatic imine (C=N–C) groups is 1. The predicted octanol–water partition coefficient (Wildman–Crippen LogP) is 5.67. The first kappa shape index (κ1) is 28.5. The molecule has 2 aliphatic rings. The van der Waals surface area contributed by atoms with E-state index in [1.165, 1.54) is 19.1 Å². The first-order chi connectivity index (χ1) is 16.3. The molecule has 1 aromatic carbocycles. The van der Waals surface area contributed by atoms with Crippen molar-refractivity contribution >= 4 is 43.8 Å². The Morgan fingerprint density at radius 1 is 1.14 bits per heavy atom. The number of benzene rings is 1. The largest absolute Gasteiger partial charge is 0.443 e. The van der Waals surface area contributed by atoms with E-state index in [4.69, 9.17) is 9.47 Å². The fraction of sp³-hybridized carbons (Fsp3) is 0.625. The molecule has 3 atom stereocenters. The van der Waals surface area contributed by atoms with Crippen LogP contribution < -0.4 is 0 Å². The van der Waals surface area contributed by atoms with Crippen LogP contribution in [0.25, 0.3) is 0 Å². The maximum Gasteiger partial charge on any atom is 0.425 e. The number of rotatable bonds is 2. The van der Waals surface area contributed by atoms with E-state index in [1.807, 2.05) is 0 Å². The van der Waals surface area contributed by atoms with Gasteiger partial charge in [0.25, 0.3) is 0 Å². The van der Waals surface area contributed by atoms with E-state index in [2.05, 4.69) is 20.9 Å². The summed E-state index contributed by atoms with van der Waals surface area (Å²) in [5.74, 6) is -1.43. The molecule has 2 aliphatic heterocycles. The number of hydrogen-bond donors (Lipinski definition) is 0. The van der Waals surface area contributed by atoms with Gasteiger partial charge in [-0.25, -0.2) is 26.8 Å². The van der Waals surface area contributed by atoms with Gasteiger partial charge in [0.2, 0.25) is 0 Å². The Bertz CT molecular complexity index is 1200. The van der Waals surface area contributed by atoms with Crippen molar-refractivity contribution in [2.75, 3.05) is 6.67 Å². The van der Waals surface area contributed by atoms with Crippen molar-refractivity contribution in [3.8, 4) is 0 Å². The van der Waals surface area contributed by atoms with Crippen molar-refractivity contribution in [2.24, 2.45) is 4.99 Å². The molecule has 0 saturated carbocycles. The van der Waals surface area contributed by atoms with Crippen LogP contribution >= 0.6 is 15.9 Å². The Morgan fingerprint density at radius 3 is 2.14 bits per heavy atom. The topological polar surface area (TPSA) is 102 Å². The van der Waals surface area contributed by atoms with E-state index >= 15 is 8.78 Å². The van der Waals surface area contributed by atoms with Crippen LogP contribution in [0.4, 0.5) is 18.4 Å². The average molecular weight is 593 g/mol. The van der Waals surface area contributed by atoms with Gasteiger partial charge in [0.05, 0.1) is 5.25 Å². The lowest BCUT2D eigenvalue weighted by molar-refractivity contribution is 0.0138. The lowest BCUT2D eigenvalue weighted by Gasteiger charge is -2.43. The molecular formula is C24H31BrF2N2O6S. The van der Waals surface area contributed by atoms with Crippen molar-refractivity contribution in [2.45, 2.75) is 88.0 Å². The first-order valence-electron chi connectivity index (χ1n) is 11.4. The summed E-state index contributed by atoms with van der Waals surface area (Å²) in [6.07, 6.45) is -2.60. The van der Waals surface area contributed by atoms with E-state index in [0.29, 0.717) is 9.37 Å². The van der Waals surface area contributed by atoms with Gasteiger partial charge in [0, 0.05) is 10.0 Å². The van der Waals surface area contributed by atoms with Gasteiger partial charge in [0.15, 0.2) is 9.84 Å². The third-order valence-electron chi connectivity index (χ3n) is 6.16. The highest BCUT2D eigenvalue weighted by Crippen LogP contribution is 2.53. The number of fused-ring (bicyclic) bond motifs is 2. The van der Waals surface area contributed by atoms with Crippen LogP contribution in [0, 0.1) is 5.82 Å². The molecule has 200 valence electrons. The highest BCUT2D eigenvalue weighted by atomic mass is 79.9. The molecule has 2 amide bonds. The van der Waals surface area contributed by atoms with Gasteiger partial charge in [-0.1, -0.05) is 15.9 Å². The minimum absolute atomic E-state index is 0.0574. The van der Waals surface area contributed by atoms with E-state index in [0.717, 1.165) is 6.07 Å². The molecule has 2 bridgehead atoms. The van der Waals surface area contributed by atoms with E-state index < -0.39 is 67.1 Å². The van der Waals surface area contributed by atoms with Crippen LogP contribution in [0.3, 0.4) is 0 Å².